The molecule has 0 bridgehead atoms. The van der Waals surface area contributed by atoms with Crippen molar-refractivity contribution >= 4 is 31.6 Å². The predicted octanol–water partition coefficient (Wildman–Crippen LogP) is 9.97. The Morgan fingerprint density at radius 1 is 0.395 bits per heavy atom. The van der Waals surface area contributed by atoms with Gasteiger partial charge in [0.2, 0.25) is 0 Å². The number of hydrogen-bond acceptors (Lipinski definition) is 5. The van der Waals surface area contributed by atoms with Gasteiger partial charge in [-0.15, -0.1) is 11.3 Å². The van der Waals surface area contributed by atoms with E-state index in [0.29, 0.717) is 11.6 Å². The van der Waals surface area contributed by atoms with Gasteiger partial charge in [0.15, 0.2) is 11.6 Å². The molecule has 0 radical (unpaired) electrons. The van der Waals surface area contributed by atoms with Crippen LogP contribution in [0.25, 0.3) is 76.9 Å². The van der Waals surface area contributed by atoms with Gasteiger partial charge in [0.25, 0.3) is 0 Å². The van der Waals surface area contributed by atoms with Gasteiger partial charge < -0.3 is 0 Å². The number of nitrogens with zero attached hydrogens (tertiary/aromatic N) is 4. The summed E-state index contributed by atoms with van der Waals surface area (Å²) in [6, 6.07) is 49.6. The van der Waals surface area contributed by atoms with E-state index in [9.17, 15) is 0 Å². The Balaban J connectivity index is 1.33. The van der Waals surface area contributed by atoms with E-state index in [4.69, 9.17) is 19.9 Å². The van der Waals surface area contributed by atoms with Gasteiger partial charge in [-0.25, -0.2) is 19.9 Å². The van der Waals surface area contributed by atoms with Gasteiger partial charge in [-0.1, -0.05) is 127 Å². The van der Waals surface area contributed by atoms with E-state index >= 15 is 0 Å². The molecule has 0 fully saturated rings. The van der Waals surface area contributed by atoms with Crippen LogP contribution in [0.15, 0.2) is 146 Å². The van der Waals surface area contributed by atoms with Gasteiger partial charge >= 0.3 is 0 Å². The number of benzene rings is 5. The third-order valence-corrected chi connectivity index (χ3v) is 8.68. The summed E-state index contributed by atoms with van der Waals surface area (Å²) in [5.74, 6) is 1.39. The van der Waals surface area contributed by atoms with E-state index in [-0.39, 0.29) is 0 Å². The Bertz CT molecular complexity index is 2170. The Hall–Kier alpha value is -5.52. The molecule has 0 saturated carbocycles. The second-order valence-electron chi connectivity index (χ2n) is 10.3. The lowest BCUT2D eigenvalue weighted by Gasteiger charge is -2.11. The molecule has 8 rings (SSSR count). The highest BCUT2D eigenvalue weighted by Crippen LogP contribution is 2.40. The predicted molar refractivity (Wildman–Crippen MR) is 178 cm³/mol. The Kier molecular flexibility index (Phi) is 6.28. The van der Waals surface area contributed by atoms with Gasteiger partial charge in [-0.2, -0.15) is 0 Å². The van der Waals surface area contributed by atoms with Crippen LogP contribution in [-0.4, -0.2) is 19.9 Å². The summed E-state index contributed by atoms with van der Waals surface area (Å²) in [5, 5.41) is 1.14. The summed E-state index contributed by atoms with van der Waals surface area (Å²) in [6.45, 7) is 0. The highest BCUT2D eigenvalue weighted by molar-refractivity contribution is 7.26. The van der Waals surface area contributed by atoms with Gasteiger partial charge in [-0.3, -0.25) is 0 Å². The molecule has 0 aliphatic rings. The molecule has 8 aromatic rings. The van der Waals surface area contributed by atoms with Gasteiger partial charge in [0.1, 0.15) is 0 Å². The summed E-state index contributed by atoms with van der Waals surface area (Å²) in [5.41, 5.74) is 8.68. The topological polar surface area (TPSA) is 51.6 Å². The number of aromatic nitrogens is 4. The van der Waals surface area contributed by atoms with Crippen molar-refractivity contribution in [3.63, 3.8) is 0 Å². The van der Waals surface area contributed by atoms with Crippen LogP contribution < -0.4 is 0 Å². The van der Waals surface area contributed by atoms with Crippen molar-refractivity contribution in [3.8, 4) is 56.5 Å². The minimum Gasteiger partial charge on any atom is -0.228 e. The molecule has 202 valence electrons. The van der Waals surface area contributed by atoms with Crippen LogP contribution in [-0.2, 0) is 0 Å². The lowest BCUT2D eigenvalue weighted by Crippen LogP contribution is -1.97. The van der Waals surface area contributed by atoms with Crippen molar-refractivity contribution in [3.05, 3.63) is 146 Å². The highest BCUT2D eigenvalue weighted by atomic mass is 32.1. The second-order valence-corrected chi connectivity index (χ2v) is 11.4. The molecule has 5 aromatic carbocycles. The normalized spacial score (nSPS) is 11.3. The van der Waals surface area contributed by atoms with Crippen molar-refractivity contribution in [1.82, 2.24) is 19.9 Å². The van der Waals surface area contributed by atoms with Crippen molar-refractivity contribution in [2.24, 2.45) is 0 Å². The Morgan fingerprint density at radius 2 is 0.930 bits per heavy atom. The van der Waals surface area contributed by atoms with E-state index in [1.165, 1.54) is 4.70 Å². The third kappa shape index (κ3) is 4.76. The summed E-state index contributed by atoms with van der Waals surface area (Å²) >= 11 is 1.73. The van der Waals surface area contributed by atoms with Gasteiger partial charge in [0.05, 0.1) is 27.3 Å². The van der Waals surface area contributed by atoms with Gasteiger partial charge in [-0.05, 0) is 18.2 Å². The van der Waals surface area contributed by atoms with E-state index in [0.717, 1.165) is 60.5 Å². The standard InChI is InChI=1S/C38H24N4S/c1-4-13-25(14-5-1)31-24-32(26-15-6-2-7-16-26)40-38(39-31)29-20-12-19-28(23-29)34-36-35(30-21-10-11-22-33(30)43-36)42-37(41-34)27-17-8-3-9-18-27/h1-24H. The Labute approximate surface area is 253 Å². The van der Waals surface area contributed by atoms with E-state index < -0.39 is 0 Å². The molecular formula is C38H24N4S. The molecule has 0 aliphatic carbocycles. The zero-order valence-corrected chi connectivity index (χ0v) is 23.9. The first-order valence-electron chi connectivity index (χ1n) is 14.2. The first-order valence-corrected chi connectivity index (χ1v) is 15.0. The average Bonchev–Trinajstić information content (AvgIpc) is 3.48. The minimum absolute atomic E-state index is 0.673. The number of thiophene rings is 1. The van der Waals surface area contributed by atoms with Gasteiger partial charge in [0, 0.05) is 37.9 Å². The van der Waals surface area contributed by atoms with Crippen LogP contribution >= 0.6 is 11.3 Å². The van der Waals surface area contributed by atoms with Crippen LogP contribution in [0.1, 0.15) is 0 Å². The number of rotatable bonds is 5. The monoisotopic (exact) mass is 568 g/mol. The molecule has 0 unspecified atom stereocenters. The van der Waals surface area contributed by atoms with Crippen LogP contribution in [0, 0.1) is 0 Å². The summed E-state index contributed by atoms with van der Waals surface area (Å²) < 4.78 is 2.27. The van der Waals surface area contributed by atoms with Crippen molar-refractivity contribution in [2.75, 3.05) is 0 Å². The maximum atomic E-state index is 5.16. The summed E-state index contributed by atoms with van der Waals surface area (Å²) in [7, 11) is 0. The number of hydrogen-bond donors (Lipinski definition) is 0. The molecule has 0 saturated heterocycles. The lowest BCUT2D eigenvalue weighted by atomic mass is 10.0. The maximum Gasteiger partial charge on any atom is 0.160 e. The molecule has 43 heavy (non-hydrogen) atoms. The fourth-order valence-corrected chi connectivity index (χ4v) is 6.55. The van der Waals surface area contributed by atoms with E-state index in [1.807, 2.05) is 54.6 Å². The molecule has 0 atom stereocenters. The molecule has 3 aromatic heterocycles. The van der Waals surface area contributed by atoms with E-state index in [2.05, 4.69) is 91.0 Å². The smallest absolute Gasteiger partial charge is 0.160 e. The SMILES string of the molecule is c1ccc(-c2cc(-c3ccccc3)nc(-c3cccc(-c4nc(-c5ccccc5)nc5c4sc4ccccc45)c3)n2)cc1. The largest absolute Gasteiger partial charge is 0.228 e. The summed E-state index contributed by atoms with van der Waals surface area (Å²) in [6.07, 6.45) is 0. The van der Waals surface area contributed by atoms with Crippen LogP contribution in [0.3, 0.4) is 0 Å². The van der Waals surface area contributed by atoms with Crippen molar-refractivity contribution < 1.29 is 0 Å². The van der Waals surface area contributed by atoms with Crippen LogP contribution in [0.2, 0.25) is 0 Å². The highest BCUT2D eigenvalue weighted by Gasteiger charge is 2.18. The van der Waals surface area contributed by atoms with Crippen molar-refractivity contribution in [2.45, 2.75) is 0 Å². The first-order chi connectivity index (χ1) is 21.3. The quantitative estimate of drug-likeness (QED) is 0.207. The second kappa shape index (κ2) is 10.7. The zero-order valence-electron chi connectivity index (χ0n) is 23.1. The molecule has 0 N–H and O–H groups in total. The Morgan fingerprint density at radius 3 is 1.60 bits per heavy atom. The average molecular weight is 569 g/mol. The van der Waals surface area contributed by atoms with Crippen LogP contribution in [0.4, 0.5) is 0 Å². The third-order valence-electron chi connectivity index (χ3n) is 7.51. The lowest BCUT2D eigenvalue weighted by molar-refractivity contribution is 1.18. The molecule has 0 aliphatic heterocycles. The molecule has 3 heterocycles. The zero-order chi connectivity index (χ0) is 28.6. The molecule has 0 amide bonds. The van der Waals surface area contributed by atoms with Crippen LogP contribution in [0.5, 0.6) is 0 Å². The van der Waals surface area contributed by atoms with Crippen molar-refractivity contribution in [1.29, 1.82) is 0 Å². The molecular weight excluding hydrogens is 545 g/mol. The maximum absolute atomic E-state index is 5.16. The molecule has 4 nitrogen and oxygen atoms in total. The fourth-order valence-electron chi connectivity index (χ4n) is 5.40. The molecule has 5 heteroatoms. The summed E-state index contributed by atoms with van der Waals surface area (Å²) in [4.78, 5) is 20.3. The van der Waals surface area contributed by atoms with E-state index in [1.54, 1.807) is 11.3 Å². The minimum atomic E-state index is 0.673. The first kappa shape index (κ1) is 25.2. The fraction of sp³-hybridized carbons (Fsp3) is 0. The number of fused-ring (bicyclic) bond motifs is 3. The molecule has 0 spiro atoms.